The Morgan fingerprint density at radius 1 is 1.28 bits per heavy atom. The van der Waals surface area contributed by atoms with Crippen LogP contribution in [0.5, 0.6) is 0 Å². The summed E-state index contributed by atoms with van der Waals surface area (Å²) < 4.78 is 67.1. The Balaban J connectivity index is 3.37. The zero-order valence-electron chi connectivity index (χ0n) is 9.41. The molecule has 18 heavy (non-hydrogen) atoms. The van der Waals surface area contributed by atoms with Crippen molar-refractivity contribution in [2.75, 3.05) is 0 Å². The fourth-order valence-corrected chi connectivity index (χ4v) is 1.84. The Bertz CT molecular complexity index is 468. The highest BCUT2D eigenvalue weighted by molar-refractivity contribution is 9.10. The second-order valence-electron chi connectivity index (χ2n) is 3.81. The Morgan fingerprint density at radius 3 is 2.33 bits per heavy atom. The molecule has 1 aromatic carbocycles. The standard InChI is InChI=1S/C12H10BrF5/c1-3-6-11(15,16)12(17,18)8-4-5-9(14)10(13)7(8)2/h3-5H,1,6H2,2H3. The summed E-state index contributed by atoms with van der Waals surface area (Å²) >= 11 is 2.75. The Morgan fingerprint density at radius 2 is 1.83 bits per heavy atom. The first-order chi connectivity index (χ1) is 8.15. The van der Waals surface area contributed by atoms with Crippen LogP contribution in [0.4, 0.5) is 22.0 Å². The molecule has 0 bridgehead atoms. The number of benzene rings is 1. The average Bonchev–Trinajstić information content (AvgIpc) is 2.25. The molecule has 0 amide bonds. The number of rotatable bonds is 4. The highest BCUT2D eigenvalue weighted by Gasteiger charge is 2.57. The highest BCUT2D eigenvalue weighted by Crippen LogP contribution is 2.47. The SMILES string of the molecule is C=CCC(F)(F)C(F)(F)c1ccc(F)c(Br)c1C. The molecular weight excluding hydrogens is 319 g/mol. The number of allylic oxidation sites excluding steroid dienone is 1. The van der Waals surface area contributed by atoms with Gasteiger partial charge >= 0.3 is 11.8 Å². The van der Waals surface area contributed by atoms with Gasteiger partial charge in [-0.15, -0.1) is 6.58 Å². The fourth-order valence-electron chi connectivity index (χ4n) is 1.50. The lowest BCUT2D eigenvalue weighted by Gasteiger charge is -2.27. The summed E-state index contributed by atoms with van der Waals surface area (Å²) in [5.74, 6) is -9.43. The molecule has 0 aliphatic heterocycles. The molecule has 0 N–H and O–H groups in total. The first kappa shape index (κ1) is 15.1. The molecule has 0 radical (unpaired) electrons. The van der Waals surface area contributed by atoms with E-state index in [4.69, 9.17) is 0 Å². The predicted molar refractivity (Wildman–Crippen MR) is 62.5 cm³/mol. The van der Waals surface area contributed by atoms with Crippen LogP contribution in [0.15, 0.2) is 29.3 Å². The van der Waals surface area contributed by atoms with E-state index in [0.29, 0.717) is 6.07 Å². The summed E-state index contributed by atoms with van der Waals surface area (Å²) in [7, 11) is 0. The van der Waals surface area contributed by atoms with Crippen LogP contribution in [-0.4, -0.2) is 5.92 Å². The van der Waals surface area contributed by atoms with Gasteiger partial charge in [-0.3, -0.25) is 0 Å². The summed E-state index contributed by atoms with van der Waals surface area (Å²) in [6, 6.07) is 1.40. The smallest absolute Gasteiger partial charge is 0.206 e. The van der Waals surface area contributed by atoms with Gasteiger partial charge in [0, 0.05) is 12.0 Å². The maximum absolute atomic E-state index is 13.8. The fraction of sp³-hybridized carbons (Fsp3) is 0.333. The van der Waals surface area contributed by atoms with Crippen molar-refractivity contribution in [2.45, 2.75) is 25.2 Å². The van der Waals surface area contributed by atoms with E-state index in [0.717, 1.165) is 19.1 Å². The van der Waals surface area contributed by atoms with Crippen LogP contribution in [0.25, 0.3) is 0 Å². The zero-order valence-corrected chi connectivity index (χ0v) is 11.0. The van der Waals surface area contributed by atoms with Crippen LogP contribution in [0.3, 0.4) is 0 Å². The monoisotopic (exact) mass is 328 g/mol. The van der Waals surface area contributed by atoms with Crippen LogP contribution in [-0.2, 0) is 5.92 Å². The van der Waals surface area contributed by atoms with Gasteiger partial charge in [-0.2, -0.15) is 17.6 Å². The molecule has 0 atom stereocenters. The number of hydrogen-bond acceptors (Lipinski definition) is 0. The molecule has 0 aliphatic carbocycles. The molecule has 0 saturated heterocycles. The molecular formula is C12H10BrF5. The third-order valence-corrected chi connectivity index (χ3v) is 3.51. The van der Waals surface area contributed by atoms with Gasteiger partial charge in [0.05, 0.1) is 4.47 Å². The van der Waals surface area contributed by atoms with E-state index in [2.05, 4.69) is 22.5 Å². The van der Waals surface area contributed by atoms with Crippen molar-refractivity contribution in [3.05, 3.63) is 46.2 Å². The lowest BCUT2D eigenvalue weighted by molar-refractivity contribution is -0.214. The van der Waals surface area contributed by atoms with E-state index in [1.165, 1.54) is 0 Å². The zero-order chi connectivity index (χ0) is 14.1. The van der Waals surface area contributed by atoms with Gasteiger partial charge < -0.3 is 0 Å². The summed E-state index contributed by atoms with van der Waals surface area (Å²) in [6.07, 6.45) is -0.434. The minimum atomic E-state index is -4.39. The summed E-state index contributed by atoms with van der Waals surface area (Å²) in [5, 5.41) is 0. The van der Waals surface area contributed by atoms with E-state index >= 15 is 0 Å². The second kappa shape index (κ2) is 4.99. The van der Waals surface area contributed by atoms with Gasteiger partial charge in [-0.1, -0.05) is 6.08 Å². The minimum absolute atomic E-state index is 0.242. The van der Waals surface area contributed by atoms with Crippen LogP contribution in [0, 0.1) is 12.7 Å². The summed E-state index contributed by atoms with van der Waals surface area (Å²) in [5.41, 5.74) is -1.15. The molecule has 1 rings (SSSR count). The quantitative estimate of drug-likeness (QED) is 0.526. The highest BCUT2D eigenvalue weighted by atomic mass is 79.9. The van der Waals surface area contributed by atoms with Crippen molar-refractivity contribution in [3.8, 4) is 0 Å². The normalized spacial score (nSPS) is 12.6. The molecule has 1 aromatic rings. The topological polar surface area (TPSA) is 0 Å². The average molecular weight is 329 g/mol. The Kier molecular flexibility index (Phi) is 4.20. The van der Waals surface area contributed by atoms with Gasteiger partial charge in [0.15, 0.2) is 0 Å². The third kappa shape index (κ3) is 2.43. The van der Waals surface area contributed by atoms with Gasteiger partial charge in [-0.25, -0.2) is 4.39 Å². The molecule has 0 aromatic heterocycles. The van der Waals surface area contributed by atoms with Gasteiger partial charge in [0.25, 0.3) is 0 Å². The van der Waals surface area contributed by atoms with Crippen LogP contribution >= 0.6 is 15.9 Å². The van der Waals surface area contributed by atoms with Crippen molar-refractivity contribution >= 4 is 15.9 Å². The van der Waals surface area contributed by atoms with Crippen molar-refractivity contribution in [2.24, 2.45) is 0 Å². The molecule has 0 saturated carbocycles. The second-order valence-corrected chi connectivity index (χ2v) is 4.60. The van der Waals surface area contributed by atoms with E-state index in [9.17, 15) is 22.0 Å². The van der Waals surface area contributed by atoms with Crippen molar-refractivity contribution < 1.29 is 22.0 Å². The van der Waals surface area contributed by atoms with Crippen molar-refractivity contribution in [1.29, 1.82) is 0 Å². The van der Waals surface area contributed by atoms with Crippen LogP contribution in [0.2, 0.25) is 0 Å². The van der Waals surface area contributed by atoms with Crippen LogP contribution in [0.1, 0.15) is 17.5 Å². The van der Waals surface area contributed by atoms with Crippen LogP contribution < -0.4 is 0 Å². The largest absolute Gasteiger partial charge is 0.335 e. The molecule has 6 heteroatoms. The van der Waals surface area contributed by atoms with Crippen molar-refractivity contribution in [3.63, 3.8) is 0 Å². The molecule has 0 spiro atoms. The van der Waals surface area contributed by atoms with E-state index < -0.39 is 29.6 Å². The lowest BCUT2D eigenvalue weighted by Crippen LogP contribution is -2.38. The summed E-state index contributed by atoms with van der Waals surface area (Å²) in [6.45, 7) is 4.18. The molecule has 0 fully saturated rings. The first-order valence-electron chi connectivity index (χ1n) is 4.96. The summed E-state index contributed by atoms with van der Waals surface area (Å²) in [4.78, 5) is 0. The predicted octanol–water partition coefficient (Wildman–Crippen LogP) is 5.20. The van der Waals surface area contributed by atoms with Crippen molar-refractivity contribution in [1.82, 2.24) is 0 Å². The molecule has 0 heterocycles. The van der Waals surface area contributed by atoms with Gasteiger partial charge in [-0.05, 0) is 40.5 Å². The Labute approximate surface area is 110 Å². The lowest BCUT2D eigenvalue weighted by atomic mass is 9.96. The molecule has 0 unspecified atom stereocenters. The van der Waals surface area contributed by atoms with E-state index in [1.807, 2.05) is 0 Å². The minimum Gasteiger partial charge on any atom is -0.206 e. The van der Waals surface area contributed by atoms with Gasteiger partial charge in [0.1, 0.15) is 5.82 Å². The maximum atomic E-state index is 13.8. The number of hydrogen-bond donors (Lipinski definition) is 0. The number of halogens is 6. The van der Waals surface area contributed by atoms with Gasteiger partial charge in [0.2, 0.25) is 0 Å². The Hall–Kier alpha value is -0.910. The third-order valence-electron chi connectivity index (χ3n) is 2.54. The number of alkyl halides is 4. The molecule has 0 aliphatic rings. The van der Waals surface area contributed by atoms with E-state index in [-0.39, 0.29) is 10.0 Å². The van der Waals surface area contributed by atoms with E-state index in [1.54, 1.807) is 0 Å². The maximum Gasteiger partial charge on any atom is 0.335 e. The molecule has 100 valence electrons. The molecule has 0 nitrogen and oxygen atoms in total. The first-order valence-corrected chi connectivity index (χ1v) is 5.76.